The van der Waals surface area contributed by atoms with E-state index in [0.717, 1.165) is 24.1 Å². The molecule has 1 aliphatic rings. The maximum absolute atomic E-state index is 11.3. The van der Waals surface area contributed by atoms with Crippen LogP contribution in [0.2, 0.25) is 0 Å². The largest absolute Gasteiger partial charge is 0.366 e. The van der Waals surface area contributed by atoms with Gasteiger partial charge in [0.1, 0.15) is 0 Å². The van der Waals surface area contributed by atoms with Crippen LogP contribution in [0.15, 0.2) is 0 Å². The summed E-state index contributed by atoms with van der Waals surface area (Å²) in [6.07, 6.45) is 4.45. The fourth-order valence-corrected chi connectivity index (χ4v) is 3.33. The zero-order chi connectivity index (χ0) is 10.1. The van der Waals surface area contributed by atoms with Crippen LogP contribution >= 0.6 is 11.3 Å². The van der Waals surface area contributed by atoms with Crippen molar-refractivity contribution in [1.29, 1.82) is 0 Å². The Bertz CT molecular complexity index is 370. The van der Waals surface area contributed by atoms with Gasteiger partial charge in [-0.05, 0) is 31.2 Å². The second kappa shape index (κ2) is 3.71. The molecule has 4 N–H and O–H groups in total. The van der Waals surface area contributed by atoms with Gasteiger partial charge < -0.3 is 11.5 Å². The molecule has 0 atom stereocenters. The van der Waals surface area contributed by atoms with E-state index in [1.54, 1.807) is 11.3 Å². The van der Waals surface area contributed by atoms with Crippen molar-refractivity contribution in [1.82, 2.24) is 0 Å². The molecule has 1 aromatic rings. The number of thiophene rings is 1. The summed E-state index contributed by atoms with van der Waals surface area (Å²) in [5, 5.41) is 0. The van der Waals surface area contributed by atoms with Crippen LogP contribution in [0.25, 0.3) is 0 Å². The third-order valence-corrected chi connectivity index (χ3v) is 3.99. The lowest BCUT2D eigenvalue weighted by Crippen LogP contribution is -2.16. The maximum atomic E-state index is 11.3. The molecule has 0 unspecified atom stereocenters. The van der Waals surface area contributed by atoms with Crippen molar-refractivity contribution < 1.29 is 4.79 Å². The number of amides is 1. The summed E-state index contributed by atoms with van der Waals surface area (Å²) in [7, 11) is 0. The fraction of sp³-hybridized carbons (Fsp3) is 0.500. The van der Waals surface area contributed by atoms with Crippen LogP contribution in [0, 0.1) is 0 Å². The molecule has 0 saturated heterocycles. The molecule has 0 saturated carbocycles. The summed E-state index contributed by atoms with van der Waals surface area (Å²) in [5.74, 6) is -0.315. The van der Waals surface area contributed by atoms with Gasteiger partial charge in [0.2, 0.25) is 5.91 Å². The molecule has 0 aromatic carbocycles. The Labute approximate surface area is 87.1 Å². The lowest BCUT2D eigenvalue weighted by molar-refractivity contribution is 0.0999. The van der Waals surface area contributed by atoms with Crippen LogP contribution in [-0.4, -0.2) is 5.91 Å². The second-order valence-electron chi connectivity index (χ2n) is 3.58. The fourth-order valence-electron chi connectivity index (χ4n) is 2.05. The molecule has 0 aliphatic heterocycles. The van der Waals surface area contributed by atoms with Crippen molar-refractivity contribution in [2.24, 2.45) is 11.5 Å². The van der Waals surface area contributed by atoms with E-state index in [-0.39, 0.29) is 5.91 Å². The maximum Gasteiger partial charge on any atom is 0.250 e. The lowest BCUT2D eigenvalue weighted by atomic mass is 9.94. The molecule has 3 nitrogen and oxygen atoms in total. The van der Waals surface area contributed by atoms with Gasteiger partial charge in [-0.2, -0.15) is 0 Å². The summed E-state index contributed by atoms with van der Waals surface area (Å²) in [6.45, 7) is 0.427. The van der Waals surface area contributed by atoms with Gasteiger partial charge in [-0.3, -0.25) is 4.79 Å². The number of rotatable bonds is 2. The van der Waals surface area contributed by atoms with Gasteiger partial charge in [-0.1, -0.05) is 0 Å². The minimum absolute atomic E-state index is 0.315. The van der Waals surface area contributed by atoms with Crippen molar-refractivity contribution >= 4 is 17.2 Å². The third-order valence-electron chi connectivity index (χ3n) is 2.68. The van der Waals surface area contributed by atoms with Crippen LogP contribution < -0.4 is 11.5 Å². The van der Waals surface area contributed by atoms with Crippen LogP contribution in [0.5, 0.6) is 0 Å². The number of nitrogens with two attached hydrogens (primary N) is 2. The van der Waals surface area contributed by atoms with E-state index in [1.807, 2.05) is 0 Å². The van der Waals surface area contributed by atoms with Crippen molar-refractivity contribution in [3.63, 3.8) is 0 Å². The molecule has 1 amide bonds. The Balaban J connectivity index is 2.53. The number of carbonyl (C=O) groups excluding carboxylic acids is 1. The average molecular weight is 210 g/mol. The van der Waals surface area contributed by atoms with Crippen molar-refractivity contribution in [3.8, 4) is 0 Å². The van der Waals surface area contributed by atoms with Gasteiger partial charge in [0.25, 0.3) is 0 Å². The standard InChI is InChI=1S/C10H14N2OS/c11-5-8-9(10(12)13)6-3-1-2-4-7(6)14-8/h1-5,11H2,(H2,12,13). The highest BCUT2D eigenvalue weighted by atomic mass is 32.1. The topological polar surface area (TPSA) is 69.1 Å². The first kappa shape index (κ1) is 9.68. The molecule has 1 heterocycles. The van der Waals surface area contributed by atoms with Gasteiger partial charge in [-0.25, -0.2) is 0 Å². The number of carbonyl (C=O) groups is 1. The van der Waals surface area contributed by atoms with Crippen molar-refractivity contribution in [3.05, 3.63) is 20.9 Å². The van der Waals surface area contributed by atoms with Crippen LogP contribution in [0.4, 0.5) is 0 Å². The third kappa shape index (κ3) is 1.44. The van der Waals surface area contributed by atoms with Crippen LogP contribution in [0.1, 0.15) is 38.5 Å². The molecule has 2 rings (SSSR count). The average Bonchev–Trinajstić information content (AvgIpc) is 2.55. The molecule has 0 radical (unpaired) electrons. The smallest absolute Gasteiger partial charge is 0.250 e. The zero-order valence-electron chi connectivity index (χ0n) is 8.01. The van der Waals surface area contributed by atoms with Crippen LogP contribution in [0.3, 0.4) is 0 Å². The predicted molar refractivity (Wildman–Crippen MR) is 57.4 cm³/mol. The van der Waals surface area contributed by atoms with E-state index in [9.17, 15) is 4.79 Å². The lowest BCUT2D eigenvalue weighted by Gasteiger charge is -2.11. The highest BCUT2D eigenvalue weighted by molar-refractivity contribution is 7.12. The van der Waals surface area contributed by atoms with Crippen molar-refractivity contribution in [2.45, 2.75) is 32.2 Å². The Kier molecular flexibility index (Phi) is 2.56. The highest BCUT2D eigenvalue weighted by Gasteiger charge is 2.22. The quantitative estimate of drug-likeness (QED) is 0.769. The van der Waals surface area contributed by atoms with Gasteiger partial charge in [-0.15, -0.1) is 11.3 Å². The number of hydrogen-bond donors (Lipinski definition) is 2. The predicted octanol–water partition coefficient (Wildman–Crippen LogP) is 1.18. The minimum Gasteiger partial charge on any atom is -0.366 e. The first-order valence-electron chi connectivity index (χ1n) is 4.87. The van der Waals surface area contributed by atoms with Gasteiger partial charge in [0.15, 0.2) is 0 Å². The molecule has 0 bridgehead atoms. The Morgan fingerprint density at radius 1 is 1.36 bits per heavy atom. The Morgan fingerprint density at radius 2 is 2.07 bits per heavy atom. The Morgan fingerprint density at radius 3 is 2.71 bits per heavy atom. The van der Waals surface area contributed by atoms with Crippen LogP contribution in [-0.2, 0) is 19.4 Å². The summed E-state index contributed by atoms with van der Waals surface area (Å²) < 4.78 is 0. The SMILES string of the molecule is NCc1sc2c(c1C(N)=O)CCCC2. The van der Waals surface area contributed by atoms with E-state index in [2.05, 4.69) is 0 Å². The van der Waals surface area contributed by atoms with Gasteiger partial charge in [0, 0.05) is 16.3 Å². The zero-order valence-corrected chi connectivity index (χ0v) is 8.82. The van der Waals surface area contributed by atoms with E-state index >= 15 is 0 Å². The van der Waals surface area contributed by atoms with E-state index < -0.39 is 0 Å². The monoisotopic (exact) mass is 210 g/mol. The summed E-state index contributed by atoms with van der Waals surface area (Å²) >= 11 is 1.66. The molecule has 4 heteroatoms. The normalized spacial score (nSPS) is 15.2. The van der Waals surface area contributed by atoms with Gasteiger partial charge >= 0.3 is 0 Å². The molecular weight excluding hydrogens is 196 g/mol. The molecule has 76 valence electrons. The molecule has 14 heavy (non-hydrogen) atoms. The number of aryl methyl sites for hydroxylation is 1. The number of hydrogen-bond acceptors (Lipinski definition) is 3. The second-order valence-corrected chi connectivity index (χ2v) is 4.77. The number of fused-ring (bicyclic) bond motifs is 1. The molecule has 1 aliphatic carbocycles. The van der Waals surface area contributed by atoms with E-state index in [1.165, 1.54) is 16.9 Å². The first-order valence-corrected chi connectivity index (χ1v) is 5.69. The molecule has 0 spiro atoms. The molecule has 0 fully saturated rings. The first-order chi connectivity index (χ1) is 6.74. The van der Waals surface area contributed by atoms with Crippen molar-refractivity contribution in [2.75, 3.05) is 0 Å². The summed E-state index contributed by atoms with van der Waals surface area (Å²) in [5.41, 5.74) is 12.9. The van der Waals surface area contributed by atoms with Gasteiger partial charge in [0.05, 0.1) is 5.56 Å². The Hall–Kier alpha value is -0.870. The summed E-state index contributed by atoms with van der Waals surface area (Å²) in [6, 6.07) is 0. The highest BCUT2D eigenvalue weighted by Crippen LogP contribution is 2.33. The van der Waals surface area contributed by atoms with E-state index in [0.29, 0.717) is 12.1 Å². The van der Waals surface area contributed by atoms with E-state index in [4.69, 9.17) is 11.5 Å². The summed E-state index contributed by atoms with van der Waals surface area (Å²) in [4.78, 5) is 13.6. The molecule has 1 aromatic heterocycles. The minimum atomic E-state index is -0.315. The molecular formula is C10H14N2OS. The number of primary amides is 1.